The molecule has 27 heavy (non-hydrogen) atoms. The number of rotatable bonds is 20. The highest BCUT2D eigenvalue weighted by atomic mass is 16.6. The summed E-state index contributed by atoms with van der Waals surface area (Å²) in [6, 6.07) is 0.489. The summed E-state index contributed by atoms with van der Waals surface area (Å²) in [6.45, 7) is 14.6. The summed E-state index contributed by atoms with van der Waals surface area (Å²) in [5.74, 6) is 0.733. The van der Waals surface area contributed by atoms with Gasteiger partial charge >= 0.3 is 0 Å². The molecule has 7 heteroatoms. The van der Waals surface area contributed by atoms with E-state index in [-0.39, 0.29) is 5.91 Å². The molecule has 0 aromatic rings. The average molecular weight is 391 g/mol. The molecule has 0 atom stereocenters. The third-order valence-electron chi connectivity index (χ3n) is 3.67. The minimum atomic E-state index is 0.0512. The predicted molar refractivity (Wildman–Crippen MR) is 108 cm³/mol. The van der Waals surface area contributed by atoms with Crippen molar-refractivity contribution in [3.8, 4) is 0 Å². The van der Waals surface area contributed by atoms with E-state index in [0.29, 0.717) is 71.2 Å². The van der Waals surface area contributed by atoms with E-state index in [1.165, 1.54) is 0 Å². The van der Waals surface area contributed by atoms with E-state index in [9.17, 15) is 4.79 Å². The average Bonchev–Trinajstić information content (AvgIpc) is 2.61. The first kappa shape index (κ1) is 26.3. The second-order valence-electron chi connectivity index (χ2n) is 7.19. The molecule has 0 aromatic heterocycles. The number of carbonyl (C=O) groups excluding carboxylic acids is 1. The van der Waals surface area contributed by atoms with Crippen LogP contribution in [0.2, 0.25) is 0 Å². The van der Waals surface area contributed by atoms with Crippen LogP contribution in [0, 0.1) is 5.92 Å². The number of amides is 1. The van der Waals surface area contributed by atoms with Gasteiger partial charge in [-0.1, -0.05) is 27.7 Å². The van der Waals surface area contributed by atoms with Gasteiger partial charge in [-0.2, -0.15) is 0 Å². The van der Waals surface area contributed by atoms with E-state index in [4.69, 9.17) is 18.9 Å². The molecule has 0 rings (SSSR count). The lowest BCUT2D eigenvalue weighted by atomic mass is 10.1. The van der Waals surface area contributed by atoms with Crippen LogP contribution in [-0.2, 0) is 23.7 Å². The fourth-order valence-electron chi connectivity index (χ4n) is 2.17. The van der Waals surface area contributed by atoms with E-state index in [0.717, 1.165) is 25.9 Å². The molecule has 0 saturated carbocycles. The SMILES string of the molecule is CC(C)CCCNC(=O)CCOCCOCCOCCOCCNC(C)C. The van der Waals surface area contributed by atoms with Crippen LogP contribution in [0.3, 0.4) is 0 Å². The Balaban J connectivity index is 3.13. The first-order valence-corrected chi connectivity index (χ1v) is 10.3. The molecule has 0 spiro atoms. The van der Waals surface area contributed by atoms with Crippen molar-refractivity contribution < 1.29 is 23.7 Å². The summed E-state index contributed by atoms with van der Waals surface area (Å²) in [6.07, 6.45) is 2.57. The van der Waals surface area contributed by atoms with Gasteiger partial charge in [0.05, 0.1) is 52.9 Å². The van der Waals surface area contributed by atoms with Crippen LogP contribution >= 0.6 is 0 Å². The smallest absolute Gasteiger partial charge is 0.222 e. The molecule has 0 aromatic carbocycles. The molecule has 0 unspecified atom stereocenters. The normalized spacial score (nSPS) is 11.5. The highest BCUT2D eigenvalue weighted by molar-refractivity contribution is 5.75. The van der Waals surface area contributed by atoms with Crippen molar-refractivity contribution in [3.63, 3.8) is 0 Å². The van der Waals surface area contributed by atoms with E-state index in [1.54, 1.807) is 0 Å². The molecule has 0 aliphatic carbocycles. The monoisotopic (exact) mass is 390 g/mol. The Morgan fingerprint density at radius 2 is 1.26 bits per heavy atom. The fourth-order valence-corrected chi connectivity index (χ4v) is 2.17. The number of hydrogen-bond donors (Lipinski definition) is 2. The zero-order valence-corrected chi connectivity index (χ0v) is 17.9. The molecule has 2 N–H and O–H groups in total. The maximum Gasteiger partial charge on any atom is 0.222 e. The molecule has 0 radical (unpaired) electrons. The van der Waals surface area contributed by atoms with Crippen LogP contribution in [0.15, 0.2) is 0 Å². The van der Waals surface area contributed by atoms with Crippen molar-refractivity contribution >= 4 is 5.91 Å². The van der Waals surface area contributed by atoms with Gasteiger partial charge in [0.2, 0.25) is 5.91 Å². The molecule has 1 amide bonds. The van der Waals surface area contributed by atoms with Gasteiger partial charge in [-0.05, 0) is 18.8 Å². The van der Waals surface area contributed by atoms with Gasteiger partial charge in [0.25, 0.3) is 0 Å². The van der Waals surface area contributed by atoms with Crippen molar-refractivity contribution in [1.29, 1.82) is 0 Å². The second kappa shape index (κ2) is 20.0. The molecule has 0 saturated heterocycles. The van der Waals surface area contributed by atoms with Gasteiger partial charge in [0, 0.05) is 25.6 Å². The standard InChI is InChI=1S/C20H42N2O5/c1-18(2)6-5-8-22-20(23)7-10-24-12-14-26-16-17-27-15-13-25-11-9-21-19(3)4/h18-19,21H,5-17H2,1-4H3,(H,22,23). The summed E-state index contributed by atoms with van der Waals surface area (Å²) in [5.41, 5.74) is 0. The Kier molecular flexibility index (Phi) is 19.5. The van der Waals surface area contributed by atoms with Crippen molar-refractivity contribution in [2.24, 2.45) is 5.92 Å². The van der Waals surface area contributed by atoms with Crippen molar-refractivity contribution in [2.45, 2.75) is 53.0 Å². The zero-order chi connectivity index (χ0) is 20.2. The van der Waals surface area contributed by atoms with Gasteiger partial charge in [-0.25, -0.2) is 0 Å². The van der Waals surface area contributed by atoms with Crippen molar-refractivity contribution in [3.05, 3.63) is 0 Å². The molecule has 0 aliphatic heterocycles. The van der Waals surface area contributed by atoms with Gasteiger partial charge in [0.15, 0.2) is 0 Å². The summed E-state index contributed by atoms with van der Waals surface area (Å²) >= 11 is 0. The third-order valence-corrected chi connectivity index (χ3v) is 3.67. The number of carbonyl (C=O) groups is 1. The topological polar surface area (TPSA) is 78.1 Å². The lowest BCUT2D eigenvalue weighted by molar-refractivity contribution is -0.122. The minimum Gasteiger partial charge on any atom is -0.379 e. The van der Waals surface area contributed by atoms with Crippen LogP contribution in [0.25, 0.3) is 0 Å². The highest BCUT2D eigenvalue weighted by Crippen LogP contribution is 2.01. The Labute approximate surface area is 165 Å². The van der Waals surface area contributed by atoms with E-state index in [2.05, 4.69) is 38.3 Å². The molecular weight excluding hydrogens is 348 g/mol. The Morgan fingerprint density at radius 3 is 1.78 bits per heavy atom. The molecule has 7 nitrogen and oxygen atoms in total. The Hall–Kier alpha value is -0.730. The maximum atomic E-state index is 11.6. The summed E-state index contributed by atoms with van der Waals surface area (Å²) < 4.78 is 21.7. The van der Waals surface area contributed by atoms with Crippen LogP contribution in [0.5, 0.6) is 0 Å². The fraction of sp³-hybridized carbons (Fsp3) is 0.950. The van der Waals surface area contributed by atoms with Gasteiger partial charge in [0.1, 0.15) is 0 Å². The summed E-state index contributed by atoms with van der Waals surface area (Å²) in [5, 5.41) is 6.20. The molecule has 162 valence electrons. The second-order valence-corrected chi connectivity index (χ2v) is 7.19. The highest BCUT2D eigenvalue weighted by Gasteiger charge is 2.01. The van der Waals surface area contributed by atoms with Crippen LogP contribution in [0.1, 0.15) is 47.0 Å². The van der Waals surface area contributed by atoms with Crippen molar-refractivity contribution in [2.75, 3.05) is 65.9 Å². The zero-order valence-electron chi connectivity index (χ0n) is 17.9. The van der Waals surface area contributed by atoms with Crippen LogP contribution < -0.4 is 10.6 Å². The minimum absolute atomic E-state index is 0.0512. The summed E-state index contributed by atoms with van der Waals surface area (Å²) in [4.78, 5) is 11.6. The van der Waals surface area contributed by atoms with Gasteiger partial charge in [-0.15, -0.1) is 0 Å². The molecule has 0 aliphatic rings. The largest absolute Gasteiger partial charge is 0.379 e. The van der Waals surface area contributed by atoms with E-state index >= 15 is 0 Å². The van der Waals surface area contributed by atoms with E-state index < -0.39 is 0 Å². The van der Waals surface area contributed by atoms with Gasteiger partial charge < -0.3 is 29.6 Å². The van der Waals surface area contributed by atoms with Crippen molar-refractivity contribution in [1.82, 2.24) is 10.6 Å². The lowest BCUT2D eigenvalue weighted by Crippen LogP contribution is -2.27. The number of hydrogen-bond acceptors (Lipinski definition) is 6. The molecular formula is C20H42N2O5. The van der Waals surface area contributed by atoms with Crippen LogP contribution in [0.4, 0.5) is 0 Å². The molecule has 0 fully saturated rings. The number of nitrogens with one attached hydrogen (secondary N) is 2. The molecule has 0 heterocycles. The van der Waals surface area contributed by atoms with Crippen LogP contribution in [-0.4, -0.2) is 77.9 Å². The van der Waals surface area contributed by atoms with Gasteiger partial charge in [-0.3, -0.25) is 4.79 Å². The third kappa shape index (κ3) is 23.2. The first-order valence-electron chi connectivity index (χ1n) is 10.3. The summed E-state index contributed by atoms with van der Waals surface area (Å²) in [7, 11) is 0. The lowest BCUT2D eigenvalue weighted by Gasteiger charge is -2.09. The quantitative estimate of drug-likeness (QED) is 0.310. The molecule has 0 bridgehead atoms. The predicted octanol–water partition coefficient (Wildman–Crippen LogP) is 1.99. The van der Waals surface area contributed by atoms with E-state index in [1.807, 2.05) is 0 Å². The maximum absolute atomic E-state index is 11.6. The Morgan fingerprint density at radius 1 is 0.741 bits per heavy atom. The first-order chi connectivity index (χ1) is 13.0. The number of ether oxygens (including phenoxy) is 4. The Bertz CT molecular complexity index is 327.